The van der Waals surface area contributed by atoms with Gasteiger partial charge in [0.05, 0.1) is 29.0 Å². The summed E-state index contributed by atoms with van der Waals surface area (Å²) in [7, 11) is 0. The first-order chi connectivity index (χ1) is 16.1. The molecule has 0 bridgehead atoms. The third kappa shape index (κ3) is 7.50. The summed E-state index contributed by atoms with van der Waals surface area (Å²) >= 11 is 13.8. The highest BCUT2D eigenvalue weighted by Gasteiger charge is 2.13. The molecule has 1 aromatic heterocycles. The van der Waals surface area contributed by atoms with Crippen LogP contribution in [0.3, 0.4) is 0 Å². The Bertz CT molecular complexity index is 1170. The summed E-state index contributed by atoms with van der Waals surface area (Å²) in [6, 6.07) is 26.5. The summed E-state index contributed by atoms with van der Waals surface area (Å²) < 4.78 is 1.86. The summed E-state index contributed by atoms with van der Waals surface area (Å²) in [5.74, 6) is 0. The molecule has 0 N–H and O–H groups in total. The second-order valence-electron chi connectivity index (χ2n) is 7.57. The molecule has 0 saturated heterocycles. The predicted molar refractivity (Wildman–Crippen MR) is 156 cm³/mol. The van der Waals surface area contributed by atoms with Gasteiger partial charge in [0.1, 0.15) is 5.69 Å². The van der Waals surface area contributed by atoms with Gasteiger partial charge in [0.25, 0.3) is 0 Å². The van der Waals surface area contributed by atoms with Gasteiger partial charge >= 0.3 is 0 Å². The van der Waals surface area contributed by atoms with Crippen molar-refractivity contribution in [1.82, 2.24) is 14.7 Å². The fraction of sp³-hybridized carbons (Fsp3) is 0.154. The number of nitrogens with zero attached hydrogens (tertiary/aromatic N) is 4. The van der Waals surface area contributed by atoms with E-state index in [4.69, 9.17) is 28.2 Å². The van der Waals surface area contributed by atoms with Crippen LogP contribution in [-0.2, 0) is 19.6 Å². The highest BCUT2D eigenvalue weighted by Crippen LogP contribution is 2.24. The van der Waals surface area contributed by atoms with E-state index in [2.05, 4.69) is 64.8 Å². The first-order valence-corrected chi connectivity index (χ1v) is 12.5. The Morgan fingerprint density at radius 2 is 1.50 bits per heavy atom. The SMILES string of the molecule is CSC(=Nc1cnn(Cc2ccc(Cl)c(Cl)c2)c1)N(Cc1ccccc1)Cc1ccccc1.I. The fourth-order valence-electron chi connectivity index (χ4n) is 3.48. The molecular weight excluding hydrogens is 598 g/mol. The smallest absolute Gasteiger partial charge is 0.164 e. The molecule has 0 unspecified atom stereocenters. The standard InChI is InChI=1S/C26H24Cl2N4S.HI/c1-33-26(30-23-15-29-32(19-23)18-22-12-13-24(27)25(28)14-22)31(16-20-8-4-2-5-9-20)17-21-10-6-3-7-11-21;/h2-15,19H,16-18H2,1H3;1H. The van der Waals surface area contributed by atoms with E-state index in [1.807, 2.05) is 35.1 Å². The molecule has 0 spiro atoms. The van der Waals surface area contributed by atoms with Gasteiger partial charge in [-0.15, -0.1) is 24.0 Å². The minimum Gasteiger partial charge on any atom is -0.343 e. The molecule has 0 fully saturated rings. The van der Waals surface area contributed by atoms with Gasteiger partial charge in [-0.05, 0) is 35.1 Å². The van der Waals surface area contributed by atoms with Gasteiger partial charge in [0.2, 0.25) is 0 Å². The van der Waals surface area contributed by atoms with Crippen molar-refractivity contribution in [3.63, 3.8) is 0 Å². The number of aromatic nitrogens is 2. The van der Waals surface area contributed by atoms with E-state index in [1.165, 1.54) is 11.1 Å². The van der Waals surface area contributed by atoms with Gasteiger partial charge in [0.15, 0.2) is 5.17 Å². The summed E-state index contributed by atoms with van der Waals surface area (Å²) in [5, 5.41) is 6.52. The van der Waals surface area contributed by atoms with Crippen LogP contribution in [0.15, 0.2) is 96.2 Å². The minimum absolute atomic E-state index is 0. The van der Waals surface area contributed by atoms with Crippen LogP contribution in [0.5, 0.6) is 0 Å². The van der Waals surface area contributed by atoms with E-state index in [9.17, 15) is 0 Å². The average Bonchev–Trinajstić information content (AvgIpc) is 3.27. The number of thioether (sulfide) groups is 1. The molecule has 34 heavy (non-hydrogen) atoms. The van der Waals surface area contributed by atoms with Gasteiger partial charge in [-0.3, -0.25) is 4.68 Å². The first-order valence-electron chi connectivity index (χ1n) is 10.5. The molecule has 8 heteroatoms. The van der Waals surface area contributed by atoms with E-state index < -0.39 is 0 Å². The highest BCUT2D eigenvalue weighted by atomic mass is 127. The third-order valence-corrected chi connectivity index (χ3v) is 6.51. The van der Waals surface area contributed by atoms with Crippen molar-refractivity contribution in [2.24, 2.45) is 4.99 Å². The zero-order chi connectivity index (χ0) is 23.0. The van der Waals surface area contributed by atoms with Crippen LogP contribution < -0.4 is 0 Å². The molecule has 0 amide bonds. The second-order valence-corrected chi connectivity index (χ2v) is 9.16. The molecule has 0 saturated carbocycles. The van der Waals surface area contributed by atoms with Crippen LogP contribution in [0, 0.1) is 0 Å². The van der Waals surface area contributed by atoms with Crippen LogP contribution in [0.2, 0.25) is 10.0 Å². The van der Waals surface area contributed by atoms with Crippen molar-refractivity contribution in [2.45, 2.75) is 19.6 Å². The van der Waals surface area contributed by atoms with E-state index >= 15 is 0 Å². The molecule has 4 rings (SSSR count). The first kappa shape index (κ1) is 26.6. The van der Waals surface area contributed by atoms with Crippen molar-refractivity contribution in [3.05, 3.63) is 118 Å². The molecule has 0 radical (unpaired) electrons. The molecule has 4 nitrogen and oxygen atoms in total. The van der Waals surface area contributed by atoms with Crippen molar-refractivity contribution < 1.29 is 0 Å². The van der Waals surface area contributed by atoms with Crippen LogP contribution in [0.4, 0.5) is 5.69 Å². The Kier molecular flexibility index (Phi) is 10.3. The predicted octanol–water partition coefficient (Wildman–Crippen LogP) is 7.91. The van der Waals surface area contributed by atoms with Crippen molar-refractivity contribution in [1.29, 1.82) is 0 Å². The fourth-order valence-corrected chi connectivity index (χ4v) is 4.38. The van der Waals surface area contributed by atoms with Crippen LogP contribution >= 0.6 is 58.9 Å². The number of rotatable bonds is 7. The number of halogens is 3. The lowest BCUT2D eigenvalue weighted by Crippen LogP contribution is -2.27. The van der Waals surface area contributed by atoms with Gasteiger partial charge in [-0.2, -0.15) is 5.10 Å². The zero-order valence-electron chi connectivity index (χ0n) is 18.6. The summed E-state index contributed by atoms with van der Waals surface area (Å²) in [6.45, 7) is 2.14. The number of hydrogen-bond donors (Lipinski definition) is 0. The van der Waals surface area contributed by atoms with E-state index in [0.29, 0.717) is 16.6 Å². The summed E-state index contributed by atoms with van der Waals surface area (Å²) in [4.78, 5) is 7.24. The molecular formula is C26H25Cl2IN4S. The van der Waals surface area contributed by atoms with E-state index in [1.54, 1.807) is 24.0 Å². The number of hydrogen-bond acceptors (Lipinski definition) is 3. The topological polar surface area (TPSA) is 33.4 Å². The Morgan fingerprint density at radius 3 is 2.06 bits per heavy atom. The quantitative estimate of drug-likeness (QED) is 0.119. The van der Waals surface area contributed by atoms with Crippen LogP contribution in [-0.4, -0.2) is 26.1 Å². The Hall–Kier alpha value is -2.00. The highest BCUT2D eigenvalue weighted by molar-refractivity contribution is 14.0. The molecule has 0 aliphatic rings. The van der Waals surface area contributed by atoms with Crippen LogP contribution in [0.25, 0.3) is 0 Å². The molecule has 0 aliphatic carbocycles. The average molecular weight is 623 g/mol. The maximum Gasteiger partial charge on any atom is 0.164 e. The molecule has 1 heterocycles. The molecule has 4 aromatic rings. The number of amidine groups is 1. The largest absolute Gasteiger partial charge is 0.343 e. The van der Waals surface area contributed by atoms with Crippen molar-refractivity contribution in [3.8, 4) is 0 Å². The van der Waals surface area contributed by atoms with Crippen molar-refractivity contribution in [2.75, 3.05) is 6.26 Å². The number of benzene rings is 3. The lowest BCUT2D eigenvalue weighted by Gasteiger charge is -2.25. The maximum absolute atomic E-state index is 6.15. The van der Waals surface area contributed by atoms with Crippen LogP contribution in [0.1, 0.15) is 16.7 Å². The summed E-state index contributed by atoms with van der Waals surface area (Å²) in [6.07, 6.45) is 5.79. The van der Waals surface area contributed by atoms with Gasteiger partial charge in [0, 0.05) is 13.1 Å². The van der Waals surface area contributed by atoms with Crippen molar-refractivity contribution >= 4 is 69.8 Å². The molecule has 3 aromatic carbocycles. The Labute approximate surface area is 232 Å². The second kappa shape index (κ2) is 13.2. The lowest BCUT2D eigenvalue weighted by molar-refractivity contribution is 0.415. The Balaban J connectivity index is 0.00000324. The van der Waals surface area contributed by atoms with Gasteiger partial charge < -0.3 is 4.90 Å². The monoisotopic (exact) mass is 622 g/mol. The number of aliphatic imine (C=N–C) groups is 1. The minimum atomic E-state index is 0. The van der Waals surface area contributed by atoms with E-state index in [0.717, 1.165) is 29.5 Å². The summed E-state index contributed by atoms with van der Waals surface area (Å²) in [5.41, 5.74) is 4.32. The molecule has 176 valence electrons. The lowest BCUT2D eigenvalue weighted by atomic mass is 10.2. The molecule has 0 aliphatic heterocycles. The zero-order valence-corrected chi connectivity index (χ0v) is 23.3. The third-order valence-electron chi connectivity index (χ3n) is 5.06. The Morgan fingerprint density at radius 1 is 0.882 bits per heavy atom. The van der Waals surface area contributed by atoms with E-state index in [-0.39, 0.29) is 24.0 Å². The van der Waals surface area contributed by atoms with Gasteiger partial charge in [-0.1, -0.05) is 102 Å². The molecule has 0 atom stereocenters. The normalized spacial score (nSPS) is 11.2. The van der Waals surface area contributed by atoms with Gasteiger partial charge in [-0.25, -0.2) is 4.99 Å². The maximum atomic E-state index is 6.15.